The number of allylic oxidation sites excluding steroid dienone is 3. The van der Waals surface area contributed by atoms with Gasteiger partial charge in [-0.2, -0.15) is 5.10 Å². The third-order valence-corrected chi connectivity index (χ3v) is 9.29. The average molecular weight is 473 g/mol. The van der Waals surface area contributed by atoms with Gasteiger partial charge in [-0.25, -0.2) is 4.98 Å². The molecule has 0 radical (unpaired) electrons. The summed E-state index contributed by atoms with van der Waals surface area (Å²) < 4.78 is 3.94. The van der Waals surface area contributed by atoms with Crippen molar-refractivity contribution in [3.05, 3.63) is 64.0 Å². The number of thiazole rings is 1. The molecular weight excluding hydrogens is 448 g/mol. The first-order chi connectivity index (χ1) is 16.1. The first-order valence-corrected chi connectivity index (χ1v) is 13.2. The van der Waals surface area contributed by atoms with Crippen LogP contribution in [0.3, 0.4) is 0 Å². The predicted molar refractivity (Wildman–Crippen MR) is 132 cm³/mol. The van der Waals surface area contributed by atoms with E-state index in [-0.39, 0.29) is 0 Å². The second-order valence-corrected chi connectivity index (χ2v) is 11.6. The third kappa shape index (κ3) is 3.38. The number of hydrogen-bond donors (Lipinski definition) is 0. The Morgan fingerprint density at radius 1 is 1.09 bits per heavy atom. The van der Waals surface area contributed by atoms with Crippen LogP contribution in [0.2, 0.25) is 0 Å². The van der Waals surface area contributed by atoms with Crippen LogP contribution < -0.4 is 0 Å². The SMILES string of the molecule is CC1Cc2nc(C3CC3)sc2C2=C1C=CC(Sc1nnc3ccc(-c4cnn(C)c4)cn13)C2. The minimum absolute atomic E-state index is 0.336. The smallest absolute Gasteiger partial charge is 0.196 e. The highest BCUT2D eigenvalue weighted by Gasteiger charge is 2.34. The first-order valence-electron chi connectivity index (χ1n) is 11.5. The van der Waals surface area contributed by atoms with E-state index in [0.29, 0.717) is 11.2 Å². The molecular formula is C25H24N6S2. The minimum Gasteiger partial charge on any atom is -0.277 e. The van der Waals surface area contributed by atoms with Gasteiger partial charge in [-0.3, -0.25) is 9.08 Å². The molecule has 4 aromatic rings. The Morgan fingerprint density at radius 3 is 2.82 bits per heavy atom. The summed E-state index contributed by atoms with van der Waals surface area (Å²) in [6.45, 7) is 2.35. The van der Waals surface area contributed by atoms with Crippen molar-refractivity contribution in [2.45, 2.75) is 48.9 Å². The van der Waals surface area contributed by atoms with Crippen LogP contribution in [-0.4, -0.2) is 34.6 Å². The van der Waals surface area contributed by atoms with Gasteiger partial charge >= 0.3 is 0 Å². The molecule has 0 amide bonds. The number of aromatic nitrogens is 6. The van der Waals surface area contributed by atoms with Crippen LogP contribution in [0.1, 0.15) is 47.7 Å². The van der Waals surface area contributed by atoms with E-state index in [1.807, 2.05) is 41.5 Å². The lowest BCUT2D eigenvalue weighted by Crippen LogP contribution is -2.17. The summed E-state index contributed by atoms with van der Waals surface area (Å²) in [7, 11) is 1.94. The molecule has 7 rings (SSSR count). The van der Waals surface area contributed by atoms with Crippen molar-refractivity contribution in [1.82, 2.24) is 29.4 Å². The van der Waals surface area contributed by atoms with Crippen molar-refractivity contribution >= 4 is 34.3 Å². The van der Waals surface area contributed by atoms with Gasteiger partial charge in [0.2, 0.25) is 0 Å². The zero-order valence-corrected chi connectivity index (χ0v) is 20.2. The van der Waals surface area contributed by atoms with E-state index in [1.165, 1.54) is 39.6 Å². The van der Waals surface area contributed by atoms with Gasteiger partial charge in [-0.05, 0) is 54.9 Å². The van der Waals surface area contributed by atoms with E-state index in [4.69, 9.17) is 4.98 Å². The highest BCUT2D eigenvalue weighted by molar-refractivity contribution is 8.00. The number of fused-ring (bicyclic) bond motifs is 3. The van der Waals surface area contributed by atoms with Crippen LogP contribution in [0.25, 0.3) is 22.3 Å². The third-order valence-electron chi connectivity index (χ3n) is 6.86. The molecule has 1 saturated carbocycles. The maximum absolute atomic E-state index is 5.06. The van der Waals surface area contributed by atoms with Gasteiger partial charge in [0.15, 0.2) is 10.8 Å². The second-order valence-electron chi connectivity index (χ2n) is 9.39. The van der Waals surface area contributed by atoms with Crippen LogP contribution in [0.15, 0.2) is 53.6 Å². The predicted octanol–water partition coefficient (Wildman–Crippen LogP) is 5.53. The van der Waals surface area contributed by atoms with Crippen molar-refractivity contribution in [2.24, 2.45) is 13.0 Å². The van der Waals surface area contributed by atoms with Gasteiger partial charge in [0, 0.05) is 41.7 Å². The summed E-state index contributed by atoms with van der Waals surface area (Å²) >= 11 is 3.75. The zero-order chi connectivity index (χ0) is 22.1. The normalized spacial score (nSPS) is 22.1. The van der Waals surface area contributed by atoms with Crippen LogP contribution in [0.4, 0.5) is 0 Å². The Balaban J connectivity index is 1.19. The molecule has 2 atom stereocenters. The summed E-state index contributed by atoms with van der Waals surface area (Å²) in [6, 6.07) is 4.11. The standard InChI is InChI=1S/C25H24N6S2/c1-14-9-21-23(33-24(27-21)15-3-4-15)20-10-18(6-7-19(14)20)32-25-29-28-22-8-5-16(13-31(22)25)17-11-26-30(2)12-17/h5-8,11-15,18H,3-4,9-10H2,1-2H3. The molecule has 6 nitrogen and oxygen atoms in total. The van der Waals surface area contributed by atoms with Gasteiger partial charge in [0.05, 0.1) is 21.8 Å². The summed E-state index contributed by atoms with van der Waals surface area (Å²) in [5, 5.41) is 15.9. The second kappa shape index (κ2) is 7.40. The van der Waals surface area contributed by atoms with Gasteiger partial charge in [-0.1, -0.05) is 30.8 Å². The average Bonchev–Trinajstić information content (AvgIpc) is 3.24. The van der Waals surface area contributed by atoms with E-state index < -0.39 is 0 Å². The maximum Gasteiger partial charge on any atom is 0.196 e. The molecule has 0 spiro atoms. The Labute approximate surface area is 200 Å². The van der Waals surface area contributed by atoms with Crippen molar-refractivity contribution in [3.8, 4) is 11.1 Å². The summed E-state index contributed by atoms with van der Waals surface area (Å²) in [5.74, 6) is 1.26. The fourth-order valence-corrected chi connectivity index (χ4v) is 7.30. The lowest BCUT2D eigenvalue weighted by Gasteiger charge is -2.28. The number of hydrogen-bond acceptors (Lipinski definition) is 6. The van der Waals surface area contributed by atoms with Crippen LogP contribution >= 0.6 is 23.1 Å². The van der Waals surface area contributed by atoms with E-state index >= 15 is 0 Å². The molecule has 4 aromatic heterocycles. The molecule has 3 aliphatic carbocycles. The van der Waals surface area contributed by atoms with E-state index in [2.05, 4.69) is 51.0 Å². The quantitative estimate of drug-likeness (QED) is 0.391. The number of pyridine rings is 1. The van der Waals surface area contributed by atoms with Crippen LogP contribution in [0, 0.1) is 5.92 Å². The maximum atomic E-state index is 5.06. The van der Waals surface area contributed by atoms with Crippen LogP contribution in [0.5, 0.6) is 0 Å². The van der Waals surface area contributed by atoms with Crippen molar-refractivity contribution in [2.75, 3.05) is 0 Å². The van der Waals surface area contributed by atoms with Crippen molar-refractivity contribution < 1.29 is 0 Å². The molecule has 4 heterocycles. The molecule has 3 aliphatic rings. The monoisotopic (exact) mass is 472 g/mol. The number of rotatable bonds is 4. The topological polar surface area (TPSA) is 60.9 Å². The summed E-state index contributed by atoms with van der Waals surface area (Å²) in [6.07, 6.45) is 15.5. The number of thioether (sulfide) groups is 1. The van der Waals surface area contributed by atoms with E-state index in [1.54, 1.807) is 11.8 Å². The molecule has 2 unspecified atom stereocenters. The van der Waals surface area contributed by atoms with Gasteiger partial charge in [0.1, 0.15) is 0 Å². The molecule has 0 saturated heterocycles. The highest BCUT2D eigenvalue weighted by atomic mass is 32.2. The summed E-state index contributed by atoms with van der Waals surface area (Å²) in [4.78, 5) is 6.51. The van der Waals surface area contributed by atoms with E-state index in [9.17, 15) is 0 Å². The Kier molecular flexibility index (Phi) is 4.42. The molecule has 33 heavy (non-hydrogen) atoms. The Morgan fingerprint density at radius 2 is 2.00 bits per heavy atom. The highest BCUT2D eigenvalue weighted by Crippen LogP contribution is 2.49. The minimum atomic E-state index is 0.336. The molecule has 0 aromatic carbocycles. The fourth-order valence-electron chi connectivity index (χ4n) is 4.94. The molecule has 166 valence electrons. The largest absolute Gasteiger partial charge is 0.277 e. The van der Waals surface area contributed by atoms with Crippen LogP contribution in [-0.2, 0) is 13.5 Å². The molecule has 0 N–H and O–H groups in total. The molecule has 0 bridgehead atoms. The molecule has 1 fully saturated rings. The fraction of sp³-hybridized carbons (Fsp3) is 0.360. The number of aryl methyl sites for hydroxylation is 1. The molecule has 8 heteroatoms. The molecule has 0 aliphatic heterocycles. The lowest BCUT2D eigenvalue weighted by atomic mass is 9.81. The Hall–Kier alpha value is -2.71. The summed E-state index contributed by atoms with van der Waals surface area (Å²) in [5.41, 5.74) is 7.44. The van der Waals surface area contributed by atoms with E-state index in [0.717, 1.165) is 40.7 Å². The van der Waals surface area contributed by atoms with Gasteiger partial charge < -0.3 is 0 Å². The number of nitrogens with zero attached hydrogens (tertiary/aromatic N) is 6. The van der Waals surface area contributed by atoms with Crippen molar-refractivity contribution in [1.29, 1.82) is 0 Å². The van der Waals surface area contributed by atoms with Gasteiger partial charge in [0.25, 0.3) is 0 Å². The first kappa shape index (κ1) is 19.7. The van der Waals surface area contributed by atoms with Crippen molar-refractivity contribution in [3.63, 3.8) is 0 Å². The Bertz CT molecular complexity index is 1450. The lowest BCUT2D eigenvalue weighted by molar-refractivity contribution is 0.662. The zero-order valence-electron chi connectivity index (χ0n) is 18.6. The van der Waals surface area contributed by atoms with Gasteiger partial charge in [-0.15, -0.1) is 21.5 Å².